The van der Waals surface area contributed by atoms with Gasteiger partial charge in [0.25, 0.3) is 0 Å². The summed E-state index contributed by atoms with van der Waals surface area (Å²) in [7, 11) is 2.64. The maximum Gasteiger partial charge on any atom is 0.336 e. The lowest BCUT2D eigenvalue weighted by Gasteiger charge is -2.45. The predicted molar refractivity (Wildman–Crippen MR) is 127 cm³/mol. The van der Waals surface area contributed by atoms with Crippen LogP contribution in [0.1, 0.15) is 30.3 Å². The van der Waals surface area contributed by atoms with Gasteiger partial charge in [0.1, 0.15) is 16.4 Å². The van der Waals surface area contributed by atoms with E-state index in [1.165, 1.54) is 37.7 Å². The van der Waals surface area contributed by atoms with Crippen LogP contribution in [-0.4, -0.2) is 31.1 Å². The number of allylic oxidation sites excluding steroid dienone is 1. The average molecular weight is 481 g/mol. The Morgan fingerprint density at radius 3 is 2.47 bits per heavy atom. The Hall–Kier alpha value is -3.52. The number of halogens is 1. The first kappa shape index (κ1) is 23.6. The first-order valence-corrected chi connectivity index (χ1v) is 11.6. The molecule has 0 saturated carbocycles. The molecule has 0 radical (unpaired) electrons. The van der Waals surface area contributed by atoms with Crippen molar-refractivity contribution in [1.82, 2.24) is 10.3 Å². The zero-order chi connectivity index (χ0) is 24.5. The minimum absolute atomic E-state index is 0.355. The molecule has 1 N–H and O–H groups in total. The molecular formula is C26H25FN2O4S. The highest BCUT2D eigenvalue weighted by Crippen LogP contribution is 2.49. The van der Waals surface area contributed by atoms with Crippen LogP contribution in [0.5, 0.6) is 0 Å². The van der Waals surface area contributed by atoms with Gasteiger partial charge in [0.15, 0.2) is 0 Å². The van der Waals surface area contributed by atoms with Crippen molar-refractivity contribution in [2.75, 3.05) is 14.2 Å². The van der Waals surface area contributed by atoms with Crippen LogP contribution >= 0.6 is 11.3 Å². The van der Waals surface area contributed by atoms with Gasteiger partial charge in [-0.1, -0.05) is 42.5 Å². The zero-order valence-electron chi connectivity index (χ0n) is 19.3. The van der Waals surface area contributed by atoms with Crippen molar-refractivity contribution in [3.05, 3.63) is 87.6 Å². The number of methoxy groups -OCH3 is 2. The van der Waals surface area contributed by atoms with E-state index in [4.69, 9.17) is 14.5 Å². The molecule has 0 spiro atoms. The lowest BCUT2D eigenvalue weighted by atomic mass is 9.67. The van der Waals surface area contributed by atoms with Crippen molar-refractivity contribution >= 4 is 23.3 Å². The SMILES string of the molecule is COC(=O)C1=C(C)NC(C)(c2nc(-c3cccc(F)c3)cs2)C(C(=O)OC)C1c1ccccc1. The average Bonchev–Trinajstić information content (AvgIpc) is 3.35. The van der Waals surface area contributed by atoms with Crippen molar-refractivity contribution in [1.29, 1.82) is 0 Å². The number of carbonyl (C=O) groups is 2. The molecule has 1 aliphatic heterocycles. The third kappa shape index (κ3) is 4.09. The normalized spacial score (nSPS) is 22.1. The molecule has 0 saturated heterocycles. The quantitative estimate of drug-likeness (QED) is 0.529. The van der Waals surface area contributed by atoms with E-state index >= 15 is 0 Å². The van der Waals surface area contributed by atoms with E-state index in [0.29, 0.717) is 27.5 Å². The van der Waals surface area contributed by atoms with Crippen molar-refractivity contribution in [3.8, 4) is 11.3 Å². The van der Waals surface area contributed by atoms with Crippen LogP contribution in [0.15, 0.2) is 71.2 Å². The summed E-state index contributed by atoms with van der Waals surface area (Å²) in [4.78, 5) is 31.0. The molecule has 4 rings (SSSR count). The van der Waals surface area contributed by atoms with Gasteiger partial charge in [-0.25, -0.2) is 14.2 Å². The van der Waals surface area contributed by atoms with Gasteiger partial charge >= 0.3 is 11.9 Å². The van der Waals surface area contributed by atoms with E-state index in [2.05, 4.69) is 5.32 Å². The van der Waals surface area contributed by atoms with Gasteiger partial charge in [-0.15, -0.1) is 11.3 Å². The number of esters is 2. The number of ether oxygens (including phenoxy) is 2. The Bertz CT molecular complexity index is 1260. The number of rotatable bonds is 5. The second kappa shape index (κ2) is 9.38. The van der Waals surface area contributed by atoms with Crippen LogP contribution in [0.2, 0.25) is 0 Å². The van der Waals surface area contributed by atoms with E-state index in [-0.39, 0.29) is 5.82 Å². The molecule has 6 nitrogen and oxygen atoms in total. The Morgan fingerprint density at radius 2 is 1.82 bits per heavy atom. The molecule has 0 fully saturated rings. The number of hydrogen-bond acceptors (Lipinski definition) is 7. The molecule has 0 amide bonds. The molecule has 0 bridgehead atoms. The smallest absolute Gasteiger partial charge is 0.336 e. The zero-order valence-corrected chi connectivity index (χ0v) is 20.1. The van der Waals surface area contributed by atoms with Gasteiger partial charge in [0.05, 0.1) is 31.4 Å². The van der Waals surface area contributed by atoms with Crippen LogP contribution in [0.25, 0.3) is 11.3 Å². The van der Waals surface area contributed by atoms with Crippen LogP contribution in [0.4, 0.5) is 4.39 Å². The Kier molecular flexibility index (Phi) is 6.52. The lowest BCUT2D eigenvalue weighted by molar-refractivity contribution is -0.150. The third-order valence-corrected chi connectivity index (χ3v) is 7.29. The molecule has 176 valence electrons. The minimum Gasteiger partial charge on any atom is -0.469 e. The summed E-state index contributed by atoms with van der Waals surface area (Å²) in [6.45, 7) is 3.66. The van der Waals surface area contributed by atoms with E-state index in [9.17, 15) is 14.0 Å². The Morgan fingerprint density at radius 1 is 1.09 bits per heavy atom. The molecule has 2 aromatic carbocycles. The van der Waals surface area contributed by atoms with Crippen molar-refractivity contribution in [2.45, 2.75) is 25.3 Å². The molecule has 3 unspecified atom stereocenters. The summed E-state index contributed by atoms with van der Waals surface area (Å²) < 4.78 is 24.1. The predicted octanol–water partition coefficient (Wildman–Crippen LogP) is 4.79. The number of hydrogen-bond donors (Lipinski definition) is 1. The monoisotopic (exact) mass is 480 g/mol. The van der Waals surface area contributed by atoms with E-state index in [0.717, 1.165) is 5.56 Å². The van der Waals surface area contributed by atoms with Crippen LogP contribution in [-0.2, 0) is 24.6 Å². The molecule has 34 heavy (non-hydrogen) atoms. The standard InChI is InChI=1S/C26H25FN2O4S/c1-15-20(23(30)32-3)21(16-9-6-5-7-10-16)22(24(31)33-4)26(2,29-15)25-28-19(14-34-25)17-11-8-12-18(27)13-17/h5-14,21-22,29H,1-4H3. The number of thiazole rings is 1. The summed E-state index contributed by atoms with van der Waals surface area (Å²) in [5, 5.41) is 5.82. The third-order valence-electron chi connectivity index (χ3n) is 6.21. The van der Waals surface area contributed by atoms with E-state index in [1.807, 2.05) is 42.6 Å². The highest BCUT2D eigenvalue weighted by molar-refractivity contribution is 7.10. The lowest BCUT2D eigenvalue weighted by Crippen LogP contribution is -2.55. The number of nitrogens with one attached hydrogen (secondary N) is 1. The maximum absolute atomic E-state index is 13.8. The second-order valence-electron chi connectivity index (χ2n) is 8.30. The summed E-state index contributed by atoms with van der Waals surface area (Å²) in [6, 6.07) is 15.5. The maximum atomic E-state index is 13.8. The summed E-state index contributed by atoms with van der Waals surface area (Å²) in [5.74, 6) is -2.82. The fourth-order valence-electron chi connectivity index (χ4n) is 4.66. The Balaban J connectivity index is 1.91. The molecular weight excluding hydrogens is 455 g/mol. The molecule has 8 heteroatoms. The number of aromatic nitrogens is 1. The summed E-state index contributed by atoms with van der Waals surface area (Å²) >= 11 is 1.36. The van der Waals surface area contributed by atoms with Gasteiger partial charge in [-0.3, -0.25) is 4.79 Å². The molecule has 1 aliphatic rings. The summed E-state index contributed by atoms with van der Waals surface area (Å²) in [6.07, 6.45) is 0. The van der Waals surface area contributed by atoms with Crippen LogP contribution < -0.4 is 5.32 Å². The number of carbonyl (C=O) groups excluding carboxylic acids is 2. The van der Waals surface area contributed by atoms with Crippen molar-refractivity contribution in [3.63, 3.8) is 0 Å². The molecule has 2 heterocycles. The minimum atomic E-state index is -1.01. The highest BCUT2D eigenvalue weighted by atomic mass is 32.1. The Labute approximate surface area is 201 Å². The molecule has 1 aromatic heterocycles. The first-order chi connectivity index (χ1) is 16.3. The highest BCUT2D eigenvalue weighted by Gasteiger charge is 2.54. The number of benzene rings is 2. The summed E-state index contributed by atoms with van der Waals surface area (Å²) in [5.41, 5.74) is 1.97. The molecule has 3 atom stereocenters. The second-order valence-corrected chi connectivity index (χ2v) is 9.15. The number of nitrogens with zero attached hydrogens (tertiary/aromatic N) is 1. The van der Waals surface area contributed by atoms with E-state index < -0.39 is 29.3 Å². The largest absolute Gasteiger partial charge is 0.469 e. The van der Waals surface area contributed by atoms with Crippen LogP contribution in [0, 0.1) is 11.7 Å². The van der Waals surface area contributed by atoms with Gasteiger partial charge in [0.2, 0.25) is 0 Å². The van der Waals surface area contributed by atoms with E-state index in [1.54, 1.807) is 19.1 Å². The fourth-order valence-corrected chi connectivity index (χ4v) is 5.64. The van der Waals surface area contributed by atoms with Gasteiger partial charge in [-0.2, -0.15) is 0 Å². The topological polar surface area (TPSA) is 77.5 Å². The van der Waals surface area contributed by atoms with Crippen molar-refractivity contribution < 1.29 is 23.5 Å². The van der Waals surface area contributed by atoms with Gasteiger partial charge in [0, 0.05) is 22.6 Å². The van der Waals surface area contributed by atoms with Gasteiger partial charge < -0.3 is 14.8 Å². The molecule has 3 aromatic rings. The van der Waals surface area contributed by atoms with Crippen LogP contribution in [0.3, 0.4) is 0 Å². The first-order valence-electron chi connectivity index (χ1n) is 10.7. The van der Waals surface area contributed by atoms with Crippen molar-refractivity contribution in [2.24, 2.45) is 5.92 Å². The molecule has 0 aliphatic carbocycles. The van der Waals surface area contributed by atoms with Gasteiger partial charge in [-0.05, 0) is 31.5 Å². The fraction of sp³-hybridized carbons (Fsp3) is 0.269.